The van der Waals surface area contributed by atoms with Gasteiger partial charge in [0, 0.05) is 15.9 Å². The van der Waals surface area contributed by atoms with Crippen LogP contribution in [0.5, 0.6) is 0 Å². The van der Waals surface area contributed by atoms with Crippen LogP contribution in [0.2, 0.25) is 0 Å². The van der Waals surface area contributed by atoms with Crippen molar-refractivity contribution in [3.63, 3.8) is 0 Å². The largest absolute Gasteiger partial charge is 0.366 e. The van der Waals surface area contributed by atoms with E-state index in [1.54, 1.807) is 0 Å². The first kappa shape index (κ1) is 7.06. The Labute approximate surface area is 45.5 Å². The fourth-order valence-corrected chi connectivity index (χ4v) is 0.417. The molecule has 1 atom stereocenters. The van der Waals surface area contributed by atoms with Gasteiger partial charge in [-0.1, -0.05) is 0 Å². The summed E-state index contributed by atoms with van der Waals surface area (Å²) in [5, 5.41) is 0. The Bertz CT molecular complexity index is 47.0. The van der Waals surface area contributed by atoms with Crippen molar-refractivity contribution >= 4 is 15.8 Å². The highest BCUT2D eigenvalue weighted by atomic mass is 31.0. The van der Waals surface area contributed by atoms with E-state index in [9.17, 15) is 4.79 Å². The van der Waals surface area contributed by atoms with Crippen LogP contribution in [-0.2, 0) is 9.32 Å². The first-order chi connectivity index (χ1) is 3.41. The topological polar surface area (TPSA) is 26.3 Å². The maximum Gasteiger partial charge on any atom is 0.120 e. The van der Waals surface area contributed by atoms with E-state index >= 15 is 0 Å². The van der Waals surface area contributed by atoms with Gasteiger partial charge in [0.25, 0.3) is 0 Å². The van der Waals surface area contributed by atoms with E-state index in [1.165, 1.54) is 0 Å². The minimum absolute atomic E-state index is 0.606. The van der Waals surface area contributed by atoms with Gasteiger partial charge in [0.15, 0.2) is 0 Å². The van der Waals surface area contributed by atoms with E-state index in [-0.39, 0.29) is 0 Å². The Balaban J connectivity index is 2.56. The molecule has 0 spiro atoms. The summed E-state index contributed by atoms with van der Waals surface area (Å²) in [4.78, 5) is 9.62. The molecule has 0 saturated carbocycles. The summed E-state index contributed by atoms with van der Waals surface area (Å²) >= 11 is 0. The Kier molecular flexibility index (Phi) is 6.11. The lowest BCUT2D eigenvalue weighted by Gasteiger charge is -1.88. The molecular formula is C4H9O2P. The number of carbonyl (C=O) groups is 1. The summed E-state index contributed by atoms with van der Waals surface area (Å²) in [6, 6.07) is 0. The van der Waals surface area contributed by atoms with Crippen LogP contribution in [-0.4, -0.2) is 12.9 Å². The number of hydrogen-bond donors (Lipinski definition) is 0. The number of unbranched alkanes of at least 4 members (excludes halogenated alkanes) is 1. The number of carbonyl (C=O) groups excluding carboxylic acids is 1. The van der Waals surface area contributed by atoms with Gasteiger partial charge in [0.1, 0.15) is 6.29 Å². The molecule has 0 bridgehead atoms. The van der Waals surface area contributed by atoms with Gasteiger partial charge in [-0.2, -0.15) is 0 Å². The van der Waals surface area contributed by atoms with E-state index < -0.39 is 0 Å². The Morgan fingerprint density at radius 2 is 2.43 bits per heavy atom. The minimum Gasteiger partial charge on any atom is -0.366 e. The van der Waals surface area contributed by atoms with E-state index in [2.05, 4.69) is 14.0 Å². The SMILES string of the molecule is O=CCCCOP. The second-order valence-electron chi connectivity index (χ2n) is 1.18. The summed E-state index contributed by atoms with van der Waals surface area (Å²) in [5.74, 6) is 0. The second-order valence-corrected chi connectivity index (χ2v) is 1.51. The highest BCUT2D eigenvalue weighted by Gasteiger charge is 1.79. The first-order valence-corrected chi connectivity index (χ1v) is 2.64. The molecule has 0 aliphatic heterocycles. The molecule has 0 N–H and O–H groups in total. The molecule has 3 heteroatoms. The lowest BCUT2D eigenvalue weighted by molar-refractivity contribution is -0.108. The number of aldehydes is 1. The highest BCUT2D eigenvalue weighted by molar-refractivity contribution is 7.09. The van der Waals surface area contributed by atoms with Crippen LogP contribution in [0.25, 0.3) is 0 Å². The fourth-order valence-electron chi connectivity index (χ4n) is 0.250. The van der Waals surface area contributed by atoms with E-state index in [0.717, 1.165) is 12.7 Å². The summed E-state index contributed by atoms with van der Waals surface area (Å²) in [6.45, 7) is 0.656. The second kappa shape index (κ2) is 6.06. The van der Waals surface area contributed by atoms with Gasteiger partial charge in [-0.3, -0.25) is 0 Å². The lowest BCUT2D eigenvalue weighted by Crippen LogP contribution is -1.82. The molecule has 0 aromatic heterocycles. The average Bonchev–Trinajstić information content (AvgIpc) is 1.69. The van der Waals surface area contributed by atoms with Gasteiger partial charge in [-0.25, -0.2) is 0 Å². The van der Waals surface area contributed by atoms with Crippen LogP contribution in [0.4, 0.5) is 0 Å². The van der Waals surface area contributed by atoms with Crippen LogP contribution < -0.4 is 0 Å². The van der Waals surface area contributed by atoms with Gasteiger partial charge in [0.2, 0.25) is 0 Å². The zero-order chi connectivity index (χ0) is 5.54. The zero-order valence-electron chi connectivity index (χ0n) is 4.09. The maximum absolute atomic E-state index is 9.62. The van der Waals surface area contributed by atoms with E-state index in [0.29, 0.717) is 13.0 Å². The molecular weight excluding hydrogens is 111 g/mol. The Morgan fingerprint density at radius 1 is 1.71 bits per heavy atom. The van der Waals surface area contributed by atoms with Crippen molar-refractivity contribution in [3.05, 3.63) is 0 Å². The quantitative estimate of drug-likeness (QED) is 0.311. The molecule has 0 aliphatic rings. The predicted octanol–water partition coefficient (Wildman–Crippen LogP) is 0.772. The molecule has 2 nitrogen and oxygen atoms in total. The summed E-state index contributed by atoms with van der Waals surface area (Å²) in [6.07, 6.45) is 2.32. The van der Waals surface area contributed by atoms with Crippen LogP contribution in [0, 0.1) is 0 Å². The number of rotatable bonds is 4. The molecule has 0 rings (SSSR count). The van der Waals surface area contributed by atoms with Crippen LogP contribution in [0.3, 0.4) is 0 Å². The van der Waals surface area contributed by atoms with Crippen LogP contribution >= 0.6 is 9.47 Å². The molecule has 0 fully saturated rings. The van der Waals surface area contributed by atoms with Crippen molar-refractivity contribution in [1.82, 2.24) is 0 Å². The molecule has 1 unspecified atom stereocenters. The molecule has 0 aromatic carbocycles. The molecule has 0 aromatic rings. The standard InChI is InChI=1S/C4H9O2P/c5-3-1-2-4-6-7/h3H,1-2,4,7H2. The van der Waals surface area contributed by atoms with E-state index in [4.69, 9.17) is 0 Å². The zero-order valence-corrected chi connectivity index (χ0v) is 5.25. The monoisotopic (exact) mass is 120 g/mol. The Hall–Kier alpha value is 0.0600. The Morgan fingerprint density at radius 3 is 2.86 bits per heavy atom. The first-order valence-electron chi connectivity index (χ1n) is 2.17. The third kappa shape index (κ3) is 6.06. The van der Waals surface area contributed by atoms with Crippen molar-refractivity contribution in [2.24, 2.45) is 0 Å². The van der Waals surface area contributed by atoms with Gasteiger partial charge in [0.05, 0.1) is 6.61 Å². The molecule has 0 aliphatic carbocycles. The van der Waals surface area contributed by atoms with Crippen molar-refractivity contribution < 1.29 is 9.32 Å². The third-order valence-electron chi connectivity index (χ3n) is 0.584. The van der Waals surface area contributed by atoms with Crippen molar-refractivity contribution in [1.29, 1.82) is 0 Å². The highest BCUT2D eigenvalue weighted by Crippen LogP contribution is 1.89. The van der Waals surface area contributed by atoms with Gasteiger partial charge < -0.3 is 9.32 Å². The third-order valence-corrected chi connectivity index (χ3v) is 0.820. The molecule has 0 amide bonds. The lowest BCUT2D eigenvalue weighted by atomic mass is 10.4. The molecule has 0 radical (unpaired) electrons. The van der Waals surface area contributed by atoms with Crippen LogP contribution in [0.15, 0.2) is 0 Å². The van der Waals surface area contributed by atoms with Gasteiger partial charge in [-0.05, 0) is 6.42 Å². The normalized spacial score (nSPS) is 8.71. The van der Waals surface area contributed by atoms with Crippen molar-refractivity contribution in [2.45, 2.75) is 12.8 Å². The van der Waals surface area contributed by atoms with Crippen molar-refractivity contribution in [2.75, 3.05) is 6.61 Å². The van der Waals surface area contributed by atoms with Gasteiger partial charge >= 0.3 is 0 Å². The maximum atomic E-state index is 9.62. The summed E-state index contributed by atoms with van der Waals surface area (Å²) in [7, 11) is 2.13. The minimum atomic E-state index is 0.606. The molecule has 0 heterocycles. The number of hydrogen-bond acceptors (Lipinski definition) is 2. The summed E-state index contributed by atoms with van der Waals surface area (Å²) in [5.41, 5.74) is 0. The molecule has 7 heavy (non-hydrogen) atoms. The van der Waals surface area contributed by atoms with Crippen LogP contribution in [0.1, 0.15) is 12.8 Å². The summed E-state index contributed by atoms with van der Waals surface area (Å²) < 4.78 is 4.60. The molecule has 0 saturated heterocycles. The smallest absolute Gasteiger partial charge is 0.120 e. The average molecular weight is 120 g/mol. The van der Waals surface area contributed by atoms with Crippen molar-refractivity contribution in [3.8, 4) is 0 Å². The molecule has 42 valence electrons. The van der Waals surface area contributed by atoms with Gasteiger partial charge in [-0.15, -0.1) is 0 Å². The predicted molar refractivity (Wildman–Crippen MR) is 31.0 cm³/mol. The van der Waals surface area contributed by atoms with E-state index in [1.807, 2.05) is 0 Å². The fraction of sp³-hybridized carbons (Fsp3) is 0.750.